The van der Waals surface area contributed by atoms with Gasteiger partial charge in [-0.1, -0.05) is 30.3 Å². The third-order valence-corrected chi connectivity index (χ3v) is 4.51. The van der Waals surface area contributed by atoms with Crippen LogP contribution in [0, 0.1) is 0 Å². The van der Waals surface area contributed by atoms with Crippen LogP contribution in [0.2, 0.25) is 0 Å². The molecule has 0 unspecified atom stereocenters. The summed E-state index contributed by atoms with van der Waals surface area (Å²) < 4.78 is 10.9. The maximum absolute atomic E-state index is 12.2. The minimum absolute atomic E-state index is 0.0574. The van der Waals surface area contributed by atoms with Gasteiger partial charge in [0.2, 0.25) is 5.95 Å². The van der Waals surface area contributed by atoms with E-state index in [-0.39, 0.29) is 11.9 Å². The van der Waals surface area contributed by atoms with E-state index in [1.54, 1.807) is 12.1 Å². The maximum atomic E-state index is 12.2. The number of benzene rings is 2. The molecule has 30 heavy (non-hydrogen) atoms. The van der Waals surface area contributed by atoms with Crippen molar-refractivity contribution in [1.82, 2.24) is 20.3 Å². The molecule has 1 amide bonds. The second kappa shape index (κ2) is 9.21. The van der Waals surface area contributed by atoms with Crippen LogP contribution in [0.3, 0.4) is 0 Å². The fourth-order valence-electron chi connectivity index (χ4n) is 2.77. The molecule has 1 aliphatic rings. The summed E-state index contributed by atoms with van der Waals surface area (Å²) >= 11 is 0. The van der Waals surface area contributed by atoms with E-state index >= 15 is 0 Å². The minimum Gasteiger partial charge on any atom is -0.492 e. The Balaban J connectivity index is 1.40. The number of rotatable bonds is 9. The largest absolute Gasteiger partial charge is 0.492 e. The van der Waals surface area contributed by atoms with Gasteiger partial charge in [-0.2, -0.15) is 15.0 Å². The smallest absolute Gasteiger partial charge is 0.321 e. The molecule has 0 aliphatic heterocycles. The number of carbonyl (C=O) groups is 1. The molecule has 2 N–H and O–H groups in total. The van der Waals surface area contributed by atoms with Crippen LogP contribution >= 0.6 is 0 Å². The number of methoxy groups -OCH3 is 1. The van der Waals surface area contributed by atoms with E-state index in [0.717, 1.165) is 24.2 Å². The number of anilines is 1. The zero-order valence-corrected chi connectivity index (χ0v) is 16.7. The molecule has 1 heterocycles. The Labute approximate surface area is 174 Å². The van der Waals surface area contributed by atoms with Crippen molar-refractivity contribution in [2.75, 3.05) is 25.6 Å². The molecule has 0 bridgehead atoms. The van der Waals surface area contributed by atoms with E-state index in [9.17, 15) is 4.79 Å². The van der Waals surface area contributed by atoms with Gasteiger partial charge in [0, 0.05) is 17.2 Å². The number of para-hydroxylation sites is 1. The first-order valence-corrected chi connectivity index (χ1v) is 9.84. The lowest BCUT2D eigenvalue weighted by molar-refractivity contribution is 0.0951. The Hall–Kier alpha value is -3.68. The van der Waals surface area contributed by atoms with Crippen molar-refractivity contribution in [3.05, 3.63) is 60.2 Å². The van der Waals surface area contributed by atoms with E-state index in [0.29, 0.717) is 36.5 Å². The fourth-order valence-corrected chi connectivity index (χ4v) is 2.77. The Morgan fingerprint density at radius 3 is 2.50 bits per heavy atom. The Morgan fingerprint density at radius 2 is 1.80 bits per heavy atom. The van der Waals surface area contributed by atoms with E-state index in [1.165, 1.54) is 7.11 Å². The molecule has 154 valence electrons. The summed E-state index contributed by atoms with van der Waals surface area (Å²) in [5, 5.41) is 6.10. The van der Waals surface area contributed by atoms with Crippen LogP contribution in [-0.4, -0.2) is 47.2 Å². The molecule has 4 rings (SSSR count). The van der Waals surface area contributed by atoms with Gasteiger partial charge >= 0.3 is 6.01 Å². The number of carbonyl (C=O) groups excluding carboxylic acids is 1. The molecule has 0 saturated heterocycles. The minimum atomic E-state index is -0.0574. The molecule has 8 heteroatoms. The van der Waals surface area contributed by atoms with Gasteiger partial charge in [-0.05, 0) is 37.1 Å². The number of nitrogens with one attached hydrogen (secondary N) is 2. The number of hydrogen-bond donors (Lipinski definition) is 2. The van der Waals surface area contributed by atoms with Gasteiger partial charge in [0.15, 0.2) is 5.82 Å². The number of ether oxygens (including phenoxy) is 2. The molecule has 1 saturated carbocycles. The van der Waals surface area contributed by atoms with E-state index < -0.39 is 0 Å². The standard InChI is InChI=1S/C22H23N5O3/c1-29-22-26-19(15-7-9-16(10-8-15)20(28)24-17-11-12-17)25-21(27-22)23-13-14-30-18-5-3-2-4-6-18/h2-10,17H,11-14H2,1H3,(H,24,28)(H,23,25,26,27). The summed E-state index contributed by atoms with van der Waals surface area (Å²) in [6.45, 7) is 0.972. The van der Waals surface area contributed by atoms with Gasteiger partial charge in [0.25, 0.3) is 5.91 Å². The third kappa shape index (κ3) is 5.22. The van der Waals surface area contributed by atoms with Crippen LogP contribution < -0.4 is 20.1 Å². The average molecular weight is 405 g/mol. The molecule has 2 aromatic carbocycles. The SMILES string of the molecule is COc1nc(NCCOc2ccccc2)nc(-c2ccc(C(=O)NC3CC3)cc2)n1. The fraction of sp³-hybridized carbons (Fsp3) is 0.273. The third-order valence-electron chi connectivity index (χ3n) is 4.51. The Kier molecular flexibility index (Phi) is 6.03. The second-order valence-corrected chi connectivity index (χ2v) is 6.88. The Bertz CT molecular complexity index is 991. The Morgan fingerprint density at radius 1 is 1.03 bits per heavy atom. The molecular weight excluding hydrogens is 382 g/mol. The van der Waals surface area contributed by atoms with Crippen LogP contribution in [0.4, 0.5) is 5.95 Å². The molecule has 3 aromatic rings. The molecule has 8 nitrogen and oxygen atoms in total. The lowest BCUT2D eigenvalue weighted by Crippen LogP contribution is -2.25. The number of nitrogens with zero attached hydrogens (tertiary/aromatic N) is 3. The quantitative estimate of drug-likeness (QED) is 0.528. The van der Waals surface area contributed by atoms with Crippen molar-refractivity contribution in [3.63, 3.8) is 0 Å². The topological polar surface area (TPSA) is 98.3 Å². The highest BCUT2D eigenvalue weighted by molar-refractivity contribution is 5.94. The molecule has 1 aromatic heterocycles. The summed E-state index contributed by atoms with van der Waals surface area (Å²) in [7, 11) is 1.51. The first kappa shape index (κ1) is 19.6. The van der Waals surface area contributed by atoms with Crippen LogP contribution in [-0.2, 0) is 0 Å². The van der Waals surface area contributed by atoms with Gasteiger partial charge in [-0.15, -0.1) is 0 Å². The average Bonchev–Trinajstić information content (AvgIpc) is 3.61. The van der Waals surface area contributed by atoms with Gasteiger partial charge < -0.3 is 20.1 Å². The molecule has 0 atom stereocenters. The van der Waals surface area contributed by atoms with Crippen LogP contribution in [0.5, 0.6) is 11.8 Å². The van der Waals surface area contributed by atoms with Crippen LogP contribution in [0.25, 0.3) is 11.4 Å². The lowest BCUT2D eigenvalue weighted by atomic mass is 10.1. The highest BCUT2D eigenvalue weighted by Crippen LogP contribution is 2.21. The molecule has 0 radical (unpaired) electrons. The van der Waals surface area contributed by atoms with Crippen molar-refractivity contribution in [3.8, 4) is 23.1 Å². The van der Waals surface area contributed by atoms with E-state index in [1.807, 2.05) is 42.5 Å². The number of aromatic nitrogens is 3. The predicted octanol–water partition coefficient (Wildman–Crippen LogP) is 2.93. The number of amides is 1. The predicted molar refractivity (Wildman–Crippen MR) is 113 cm³/mol. The highest BCUT2D eigenvalue weighted by Gasteiger charge is 2.23. The van der Waals surface area contributed by atoms with Crippen molar-refractivity contribution in [2.45, 2.75) is 18.9 Å². The molecule has 1 fully saturated rings. The van der Waals surface area contributed by atoms with Crippen LogP contribution in [0.15, 0.2) is 54.6 Å². The van der Waals surface area contributed by atoms with Gasteiger partial charge in [0.1, 0.15) is 12.4 Å². The normalized spacial score (nSPS) is 12.8. The molecule has 0 spiro atoms. The first-order valence-electron chi connectivity index (χ1n) is 9.84. The van der Waals surface area contributed by atoms with E-state index in [2.05, 4.69) is 25.6 Å². The lowest BCUT2D eigenvalue weighted by Gasteiger charge is -2.10. The summed E-state index contributed by atoms with van der Waals surface area (Å²) in [6, 6.07) is 17.3. The summed E-state index contributed by atoms with van der Waals surface area (Å²) in [6.07, 6.45) is 2.11. The van der Waals surface area contributed by atoms with Crippen molar-refractivity contribution in [2.24, 2.45) is 0 Å². The summed E-state index contributed by atoms with van der Waals surface area (Å²) in [4.78, 5) is 25.2. The zero-order chi connectivity index (χ0) is 20.8. The highest BCUT2D eigenvalue weighted by atomic mass is 16.5. The zero-order valence-electron chi connectivity index (χ0n) is 16.7. The van der Waals surface area contributed by atoms with Crippen molar-refractivity contribution >= 4 is 11.9 Å². The van der Waals surface area contributed by atoms with Gasteiger partial charge in [-0.3, -0.25) is 4.79 Å². The monoisotopic (exact) mass is 405 g/mol. The van der Waals surface area contributed by atoms with Crippen molar-refractivity contribution in [1.29, 1.82) is 0 Å². The van der Waals surface area contributed by atoms with E-state index in [4.69, 9.17) is 9.47 Å². The number of hydrogen-bond acceptors (Lipinski definition) is 7. The van der Waals surface area contributed by atoms with Gasteiger partial charge in [-0.25, -0.2) is 0 Å². The van der Waals surface area contributed by atoms with Crippen LogP contribution in [0.1, 0.15) is 23.2 Å². The second-order valence-electron chi connectivity index (χ2n) is 6.88. The van der Waals surface area contributed by atoms with Crippen molar-refractivity contribution < 1.29 is 14.3 Å². The summed E-state index contributed by atoms with van der Waals surface area (Å²) in [5.74, 6) is 1.60. The maximum Gasteiger partial charge on any atom is 0.321 e. The summed E-state index contributed by atoms with van der Waals surface area (Å²) in [5.41, 5.74) is 1.38. The molecular formula is C22H23N5O3. The first-order chi connectivity index (χ1) is 14.7. The molecule has 1 aliphatic carbocycles. The van der Waals surface area contributed by atoms with Gasteiger partial charge in [0.05, 0.1) is 13.7 Å².